The van der Waals surface area contributed by atoms with Crippen LogP contribution in [0.25, 0.3) is 0 Å². The molecule has 14 heavy (non-hydrogen) atoms. The number of rotatable bonds is 3. The summed E-state index contributed by atoms with van der Waals surface area (Å²) in [5.41, 5.74) is 0.311. The van der Waals surface area contributed by atoms with Crippen LogP contribution in [0, 0.1) is 0 Å². The molecule has 2 N–H and O–H groups in total. The Labute approximate surface area is 87.0 Å². The molecule has 2 rings (SSSR count). The molecular formula is C9H12ClN3O. The third kappa shape index (κ3) is 1.62. The summed E-state index contributed by atoms with van der Waals surface area (Å²) >= 11 is 5.83. The zero-order valence-corrected chi connectivity index (χ0v) is 8.47. The van der Waals surface area contributed by atoms with Crippen molar-refractivity contribution in [1.82, 2.24) is 15.5 Å². The molecule has 1 aromatic heterocycles. The van der Waals surface area contributed by atoms with Crippen LogP contribution in [0.2, 0.25) is 0 Å². The van der Waals surface area contributed by atoms with Gasteiger partial charge in [0.15, 0.2) is 0 Å². The van der Waals surface area contributed by atoms with Gasteiger partial charge in [-0.15, -0.1) is 11.6 Å². The Kier molecular flexibility index (Phi) is 2.46. The van der Waals surface area contributed by atoms with Crippen molar-refractivity contribution in [3.63, 3.8) is 0 Å². The smallest absolute Gasteiger partial charge is 0.269 e. The SMILES string of the molecule is O=C(NC1(CCl)CCC1)c1ccn[nH]1. The van der Waals surface area contributed by atoms with Crippen molar-refractivity contribution in [2.45, 2.75) is 24.8 Å². The van der Waals surface area contributed by atoms with Crippen LogP contribution in [-0.4, -0.2) is 27.5 Å². The minimum absolute atomic E-state index is 0.122. The first-order valence-electron chi connectivity index (χ1n) is 4.64. The second kappa shape index (κ2) is 3.61. The molecule has 1 aromatic rings. The molecule has 0 unspecified atom stereocenters. The molecule has 0 bridgehead atoms. The predicted octanol–water partition coefficient (Wildman–Crippen LogP) is 1.30. The van der Waals surface area contributed by atoms with E-state index in [0.29, 0.717) is 11.6 Å². The predicted molar refractivity (Wildman–Crippen MR) is 53.4 cm³/mol. The molecule has 0 aromatic carbocycles. The molecule has 1 amide bonds. The van der Waals surface area contributed by atoms with Crippen LogP contribution in [0.1, 0.15) is 29.8 Å². The molecule has 4 nitrogen and oxygen atoms in total. The van der Waals surface area contributed by atoms with Crippen LogP contribution in [0.15, 0.2) is 12.3 Å². The Morgan fingerprint density at radius 1 is 1.71 bits per heavy atom. The highest BCUT2D eigenvalue weighted by Gasteiger charge is 2.37. The van der Waals surface area contributed by atoms with E-state index in [4.69, 9.17) is 11.6 Å². The van der Waals surface area contributed by atoms with Crippen LogP contribution in [0.3, 0.4) is 0 Å². The van der Waals surface area contributed by atoms with Gasteiger partial charge in [0.25, 0.3) is 5.91 Å². The van der Waals surface area contributed by atoms with E-state index in [1.54, 1.807) is 12.3 Å². The molecule has 0 saturated heterocycles. The van der Waals surface area contributed by atoms with Gasteiger partial charge in [0.2, 0.25) is 0 Å². The summed E-state index contributed by atoms with van der Waals surface area (Å²) in [5, 5.41) is 9.29. The lowest BCUT2D eigenvalue weighted by molar-refractivity contribution is 0.0848. The molecule has 1 heterocycles. The van der Waals surface area contributed by atoms with Gasteiger partial charge in [-0.3, -0.25) is 9.89 Å². The quantitative estimate of drug-likeness (QED) is 0.744. The Bertz CT molecular complexity index is 313. The van der Waals surface area contributed by atoms with Gasteiger partial charge in [0.1, 0.15) is 5.69 Å². The number of hydrogen-bond donors (Lipinski definition) is 2. The fraction of sp³-hybridized carbons (Fsp3) is 0.556. The normalized spacial score (nSPS) is 18.6. The molecule has 0 radical (unpaired) electrons. The molecule has 1 saturated carbocycles. The van der Waals surface area contributed by atoms with Gasteiger partial charge in [-0.05, 0) is 25.3 Å². The van der Waals surface area contributed by atoms with Crippen molar-refractivity contribution in [2.75, 3.05) is 5.88 Å². The van der Waals surface area contributed by atoms with E-state index in [2.05, 4.69) is 15.5 Å². The van der Waals surface area contributed by atoms with Crippen LogP contribution >= 0.6 is 11.6 Å². The number of nitrogens with zero attached hydrogens (tertiary/aromatic N) is 1. The molecule has 5 heteroatoms. The van der Waals surface area contributed by atoms with Crippen LogP contribution < -0.4 is 5.32 Å². The summed E-state index contributed by atoms with van der Waals surface area (Å²) in [7, 11) is 0. The third-order valence-electron chi connectivity index (χ3n) is 2.69. The molecular weight excluding hydrogens is 202 g/mol. The maximum absolute atomic E-state index is 11.6. The van der Waals surface area contributed by atoms with E-state index in [1.165, 1.54) is 0 Å². The second-order valence-electron chi connectivity index (χ2n) is 3.69. The summed E-state index contributed by atoms with van der Waals surface area (Å²) in [6.07, 6.45) is 4.63. The third-order valence-corrected chi connectivity index (χ3v) is 3.20. The lowest BCUT2D eigenvalue weighted by Crippen LogP contribution is -2.55. The van der Waals surface area contributed by atoms with Crippen LogP contribution in [0.5, 0.6) is 0 Å². The number of alkyl halides is 1. The Morgan fingerprint density at radius 3 is 2.93 bits per heavy atom. The van der Waals surface area contributed by atoms with E-state index >= 15 is 0 Å². The summed E-state index contributed by atoms with van der Waals surface area (Å²) in [6.45, 7) is 0. The Balaban J connectivity index is 2.01. The van der Waals surface area contributed by atoms with Crippen molar-refractivity contribution >= 4 is 17.5 Å². The van der Waals surface area contributed by atoms with Crippen LogP contribution in [0.4, 0.5) is 0 Å². The number of hydrogen-bond acceptors (Lipinski definition) is 2. The largest absolute Gasteiger partial charge is 0.344 e. The Hall–Kier alpha value is -1.03. The number of amides is 1. The zero-order valence-electron chi connectivity index (χ0n) is 7.72. The zero-order chi connectivity index (χ0) is 10.0. The van der Waals surface area contributed by atoms with Crippen molar-refractivity contribution in [1.29, 1.82) is 0 Å². The van der Waals surface area contributed by atoms with Crippen molar-refractivity contribution in [3.05, 3.63) is 18.0 Å². The molecule has 0 aliphatic heterocycles. The van der Waals surface area contributed by atoms with Gasteiger partial charge in [0.05, 0.1) is 5.54 Å². The highest BCUT2D eigenvalue weighted by atomic mass is 35.5. The molecule has 76 valence electrons. The topological polar surface area (TPSA) is 57.8 Å². The number of aromatic amines is 1. The second-order valence-corrected chi connectivity index (χ2v) is 3.96. The molecule has 0 atom stereocenters. The van der Waals surface area contributed by atoms with Crippen molar-refractivity contribution in [2.24, 2.45) is 0 Å². The maximum Gasteiger partial charge on any atom is 0.269 e. The van der Waals surface area contributed by atoms with Gasteiger partial charge >= 0.3 is 0 Å². The van der Waals surface area contributed by atoms with Gasteiger partial charge in [-0.1, -0.05) is 0 Å². The van der Waals surface area contributed by atoms with Crippen LogP contribution in [-0.2, 0) is 0 Å². The van der Waals surface area contributed by atoms with Gasteiger partial charge < -0.3 is 5.32 Å². The fourth-order valence-corrected chi connectivity index (χ4v) is 1.92. The van der Waals surface area contributed by atoms with E-state index < -0.39 is 0 Å². The van der Waals surface area contributed by atoms with E-state index in [9.17, 15) is 4.79 Å². The highest BCUT2D eigenvalue weighted by molar-refractivity contribution is 6.19. The van der Waals surface area contributed by atoms with Crippen molar-refractivity contribution in [3.8, 4) is 0 Å². The monoisotopic (exact) mass is 213 g/mol. The van der Waals surface area contributed by atoms with Gasteiger partial charge in [-0.25, -0.2) is 0 Å². The molecule has 1 aliphatic rings. The first-order chi connectivity index (χ1) is 6.76. The van der Waals surface area contributed by atoms with Gasteiger partial charge in [-0.2, -0.15) is 5.10 Å². The number of nitrogens with one attached hydrogen (secondary N) is 2. The first-order valence-corrected chi connectivity index (χ1v) is 5.17. The number of H-pyrrole nitrogens is 1. The summed E-state index contributed by atoms with van der Waals surface area (Å²) < 4.78 is 0. The number of carbonyl (C=O) groups excluding carboxylic acids is 1. The number of carbonyl (C=O) groups is 1. The van der Waals surface area contributed by atoms with E-state index in [0.717, 1.165) is 19.3 Å². The Morgan fingerprint density at radius 2 is 2.50 bits per heavy atom. The van der Waals surface area contributed by atoms with Gasteiger partial charge in [0, 0.05) is 12.1 Å². The highest BCUT2D eigenvalue weighted by Crippen LogP contribution is 2.32. The molecule has 0 spiro atoms. The fourth-order valence-electron chi connectivity index (χ4n) is 1.59. The van der Waals surface area contributed by atoms with Crippen molar-refractivity contribution < 1.29 is 4.79 Å². The summed E-state index contributed by atoms with van der Waals surface area (Å²) in [5.74, 6) is 0.357. The minimum Gasteiger partial charge on any atom is -0.344 e. The average Bonchev–Trinajstić information content (AvgIpc) is 2.63. The van der Waals surface area contributed by atoms with E-state index in [1.807, 2.05) is 0 Å². The standard InChI is InChI=1S/C9H12ClN3O/c10-6-9(3-1-4-9)12-8(14)7-2-5-11-13-7/h2,5H,1,3-4,6H2,(H,11,13)(H,12,14). The average molecular weight is 214 g/mol. The summed E-state index contributed by atoms with van der Waals surface area (Å²) in [6, 6.07) is 1.65. The molecule has 1 aliphatic carbocycles. The lowest BCUT2D eigenvalue weighted by atomic mass is 9.78. The minimum atomic E-state index is -0.177. The van der Waals surface area contributed by atoms with E-state index in [-0.39, 0.29) is 11.4 Å². The maximum atomic E-state index is 11.6. The first kappa shape index (κ1) is 9.52. The number of halogens is 1. The summed E-state index contributed by atoms with van der Waals surface area (Å²) in [4.78, 5) is 11.6. The lowest BCUT2D eigenvalue weighted by Gasteiger charge is -2.40. The molecule has 1 fully saturated rings. The number of aromatic nitrogens is 2.